The number of nitrogens with one attached hydrogen (secondary N) is 3. The van der Waals surface area contributed by atoms with Crippen molar-refractivity contribution in [3.63, 3.8) is 0 Å². The molecule has 5 nitrogen and oxygen atoms in total. The third-order valence-corrected chi connectivity index (χ3v) is 4.48. The normalized spacial score (nSPS) is 12.6. The topological polar surface area (TPSA) is 77.5 Å². The monoisotopic (exact) mass is 431 g/mol. The van der Waals surface area contributed by atoms with Crippen molar-refractivity contribution < 1.29 is 8.78 Å². The molecule has 2 heterocycles. The van der Waals surface area contributed by atoms with Crippen molar-refractivity contribution in [3.8, 4) is 0 Å². The zero-order valence-electron chi connectivity index (χ0n) is 14.1. The molecule has 3 N–H and O–H groups in total. The third kappa shape index (κ3) is 4.65. The Labute approximate surface area is 162 Å². The van der Waals surface area contributed by atoms with E-state index in [9.17, 15) is 8.78 Å². The smallest absolute Gasteiger partial charge is 0.266 e. The molecule has 0 aliphatic heterocycles. The number of allylic oxidation sites excluding steroid dienone is 1. The Hall–Kier alpha value is -2.87. The Kier molecular flexibility index (Phi) is 6.08. The van der Waals surface area contributed by atoms with Gasteiger partial charge in [0.15, 0.2) is 0 Å². The lowest BCUT2D eigenvalue weighted by Crippen LogP contribution is -2.16. The molecule has 1 aromatic carbocycles. The van der Waals surface area contributed by atoms with E-state index in [1.807, 2.05) is 30.3 Å². The van der Waals surface area contributed by atoms with Crippen molar-refractivity contribution >= 4 is 38.8 Å². The zero-order valence-corrected chi connectivity index (χ0v) is 15.7. The molecule has 0 radical (unpaired) electrons. The number of benzene rings is 1. The van der Waals surface area contributed by atoms with Crippen molar-refractivity contribution in [1.29, 1.82) is 5.41 Å². The van der Waals surface area contributed by atoms with Crippen LogP contribution in [0.3, 0.4) is 0 Å². The highest BCUT2D eigenvalue weighted by Gasteiger charge is 2.12. The number of nitrogens with zero attached hydrogens (tertiary/aromatic N) is 2. The molecule has 0 bridgehead atoms. The molecule has 3 aromatic rings. The first-order valence-corrected chi connectivity index (χ1v) is 8.89. The standard InChI is InChI=1S/C19H16BrF2N5/c20-14-3-1-2-12(8-14)16(4-5-17(21)22)25-10-13(9-23)18-15-6-7-24-19(15)27-11-26-18/h1-3,5-11,16,23,25H,4H2,(H,24,26,27)/b13-10+,23-9?. The molecule has 0 aliphatic rings. The maximum Gasteiger partial charge on any atom is 0.266 e. The molecule has 0 spiro atoms. The second kappa shape index (κ2) is 8.68. The van der Waals surface area contributed by atoms with E-state index >= 15 is 0 Å². The quantitative estimate of drug-likeness (QED) is 0.449. The first-order chi connectivity index (χ1) is 13.1. The Morgan fingerprint density at radius 2 is 2.15 bits per heavy atom. The Morgan fingerprint density at radius 1 is 1.30 bits per heavy atom. The van der Waals surface area contributed by atoms with E-state index in [0.717, 1.165) is 21.5 Å². The van der Waals surface area contributed by atoms with Gasteiger partial charge in [0.05, 0.1) is 11.7 Å². The minimum Gasteiger partial charge on any atom is -0.383 e. The lowest BCUT2D eigenvalue weighted by molar-refractivity contribution is 0.414. The molecule has 0 amide bonds. The van der Waals surface area contributed by atoms with E-state index in [1.54, 1.807) is 12.4 Å². The second-order valence-electron chi connectivity index (χ2n) is 5.71. The molecule has 2 aromatic heterocycles. The van der Waals surface area contributed by atoms with Gasteiger partial charge in [0, 0.05) is 34.0 Å². The minimum atomic E-state index is -1.72. The maximum absolute atomic E-state index is 12.6. The summed E-state index contributed by atoms with van der Waals surface area (Å²) in [6, 6.07) is 8.89. The molecular formula is C19H16BrF2N5. The van der Waals surface area contributed by atoms with Crippen LogP contribution in [-0.4, -0.2) is 21.2 Å². The Balaban J connectivity index is 1.93. The highest BCUT2D eigenvalue weighted by molar-refractivity contribution is 9.10. The SMILES string of the molecule is N=C/C(=C\NC(CC=C(F)F)c1cccc(Br)c1)c1ncnc2[nH]ccc12. The molecule has 3 rings (SSSR count). The Bertz CT molecular complexity index is 1010. The number of hydrogen-bond acceptors (Lipinski definition) is 4. The summed E-state index contributed by atoms with van der Waals surface area (Å²) in [6.45, 7) is 0. The summed E-state index contributed by atoms with van der Waals surface area (Å²) < 4.78 is 26.1. The highest BCUT2D eigenvalue weighted by Crippen LogP contribution is 2.24. The van der Waals surface area contributed by atoms with Crippen LogP contribution in [0.15, 0.2) is 65.7 Å². The minimum absolute atomic E-state index is 0.101. The van der Waals surface area contributed by atoms with Crippen LogP contribution in [0.1, 0.15) is 23.7 Å². The summed E-state index contributed by atoms with van der Waals surface area (Å²) in [7, 11) is 0. The van der Waals surface area contributed by atoms with Gasteiger partial charge in [0.25, 0.3) is 6.08 Å². The van der Waals surface area contributed by atoms with Crippen LogP contribution in [0.5, 0.6) is 0 Å². The molecule has 0 saturated carbocycles. The molecule has 0 saturated heterocycles. The molecule has 0 fully saturated rings. The van der Waals surface area contributed by atoms with E-state index in [2.05, 4.69) is 36.2 Å². The molecule has 138 valence electrons. The first kappa shape index (κ1) is 18.9. The third-order valence-electron chi connectivity index (χ3n) is 3.98. The number of rotatable bonds is 7. The van der Waals surface area contributed by atoms with E-state index in [4.69, 9.17) is 5.41 Å². The van der Waals surface area contributed by atoms with Gasteiger partial charge in [-0.15, -0.1) is 0 Å². The van der Waals surface area contributed by atoms with Gasteiger partial charge in [-0.2, -0.15) is 8.78 Å². The average Bonchev–Trinajstić information content (AvgIpc) is 3.13. The fraction of sp³-hybridized carbons (Fsp3) is 0.105. The highest BCUT2D eigenvalue weighted by atomic mass is 79.9. The number of fused-ring (bicyclic) bond motifs is 1. The van der Waals surface area contributed by atoms with Crippen LogP contribution in [0.4, 0.5) is 8.78 Å². The predicted octanol–water partition coefficient (Wildman–Crippen LogP) is 5.21. The maximum atomic E-state index is 12.6. The zero-order chi connectivity index (χ0) is 19.2. The fourth-order valence-corrected chi connectivity index (χ4v) is 3.12. The second-order valence-corrected chi connectivity index (χ2v) is 6.63. The van der Waals surface area contributed by atoms with Crippen molar-refractivity contribution in [2.75, 3.05) is 0 Å². The van der Waals surface area contributed by atoms with Gasteiger partial charge in [-0.3, -0.25) is 0 Å². The van der Waals surface area contributed by atoms with Gasteiger partial charge in [-0.25, -0.2) is 9.97 Å². The van der Waals surface area contributed by atoms with E-state index < -0.39 is 6.08 Å². The first-order valence-electron chi connectivity index (χ1n) is 8.10. The van der Waals surface area contributed by atoms with Crippen molar-refractivity contribution in [1.82, 2.24) is 20.3 Å². The van der Waals surface area contributed by atoms with Crippen LogP contribution in [-0.2, 0) is 0 Å². The van der Waals surface area contributed by atoms with Crippen LogP contribution >= 0.6 is 15.9 Å². The van der Waals surface area contributed by atoms with Gasteiger partial charge in [-0.05, 0) is 36.3 Å². The van der Waals surface area contributed by atoms with Gasteiger partial charge in [0.1, 0.15) is 12.0 Å². The van der Waals surface area contributed by atoms with Crippen LogP contribution in [0.25, 0.3) is 16.6 Å². The average molecular weight is 432 g/mol. The summed E-state index contributed by atoms with van der Waals surface area (Å²) in [5, 5.41) is 11.7. The Morgan fingerprint density at radius 3 is 2.89 bits per heavy atom. The van der Waals surface area contributed by atoms with Gasteiger partial charge in [-0.1, -0.05) is 28.1 Å². The van der Waals surface area contributed by atoms with E-state index in [0.29, 0.717) is 16.9 Å². The van der Waals surface area contributed by atoms with E-state index in [-0.39, 0.29) is 12.5 Å². The molecule has 27 heavy (non-hydrogen) atoms. The molecule has 1 atom stereocenters. The molecular weight excluding hydrogens is 416 g/mol. The number of halogens is 3. The molecule has 8 heteroatoms. The largest absolute Gasteiger partial charge is 0.383 e. The predicted molar refractivity (Wildman–Crippen MR) is 106 cm³/mol. The molecule has 0 aliphatic carbocycles. The lowest BCUT2D eigenvalue weighted by atomic mass is 10.0. The van der Waals surface area contributed by atoms with Crippen LogP contribution in [0, 0.1) is 5.41 Å². The van der Waals surface area contributed by atoms with Crippen LogP contribution < -0.4 is 5.32 Å². The number of aromatic amines is 1. The number of aromatic nitrogens is 3. The number of hydrogen-bond donors (Lipinski definition) is 3. The molecule has 1 unspecified atom stereocenters. The number of H-pyrrole nitrogens is 1. The van der Waals surface area contributed by atoms with Gasteiger partial charge in [0.2, 0.25) is 0 Å². The van der Waals surface area contributed by atoms with Crippen LogP contribution in [0.2, 0.25) is 0 Å². The van der Waals surface area contributed by atoms with Crippen molar-refractivity contribution in [2.24, 2.45) is 0 Å². The summed E-state index contributed by atoms with van der Waals surface area (Å²) in [6.07, 6.45) is 5.21. The fourth-order valence-electron chi connectivity index (χ4n) is 2.70. The van der Waals surface area contributed by atoms with E-state index in [1.165, 1.54) is 12.5 Å². The summed E-state index contributed by atoms with van der Waals surface area (Å²) in [5.74, 6) is 0. The van der Waals surface area contributed by atoms with Gasteiger partial charge >= 0.3 is 0 Å². The summed E-state index contributed by atoms with van der Waals surface area (Å²) in [4.78, 5) is 11.4. The van der Waals surface area contributed by atoms with Crippen molar-refractivity contribution in [3.05, 3.63) is 76.9 Å². The summed E-state index contributed by atoms with van der Waals surface area (Å²) in [5.41, 5.74) is 2.62. The summed E-state index contributed by atoms with van der Waals surface area (Å²) >= 11 is 3.40. The van der Waals surface area contributed by atoms with Gasteiger partial charge < -0.3 is 15.7 Å². The van der Waals surface area contributed by atoms with Crippen molar-refractivity contribution in [2.45, 2.75) is 12.5 Å². The lowest BCUT2D eigenvalue weighted by Gasteiger charge is -2.17.